The van der Waals surface area contributed by atoms with Crippen molar-refractivity contribution in [1.29, 1.82) is 0 Å². The first kappa shape index (κ1) is 23.0. The van der Waals surface area contributed by atoms with Gasteiger partial charge in [0.2, 0.25) is 0 Å². The van der Waals surface area contributed by atoms with Crippen LogP contribution in [0.2, 0.25) is 0 Å². The standard InChI is InChI=1S/C25H25N7O2/c26-15-7-1-2-8-16-31(23-14-13-18(29-30-27)17-24(23)32(33)34)25-19-9-3-5-11-21(19)28-22-12-6-4-10-20(22)25/h3-6,9-14,17H,1-2,7-8,15-16,26H2. The Morgan fingerprint density at radius 3 is 2.24 bits per heavy atom. The molecule has 0 saturated carbocycles. The van der Waals surface area contributed by atoms with Crippen molar-refractivity contribution < 1.29 is 4.92 Å². The number of nitro groups is 1. The third-order valence-electron chi connectivity index (χ3n) is 5.77. The highest BCUT2D eigenvalue weighted by molar-refractivity contribution is 6.09. The fourth-order valence-electron chi connectivity index (χ4n) is 4.23. The topological polar surface area (TPSA) is 134 Å². The second-order valence-electron chi connectivity index (χ2n) is 7.97. The zero-order valence-electron chi connectivity index (χ0n) is 18.7. The summed E-state index contributed by atoms with van der Waals surface area (Å²) in [5.41, 5.74) is 17.5. The van der Waals surface area contributed by atoms with Crippen LogP contribution in [0.5, 0.6) is 0 Å². The van der Waals surface area contributed by atoms with Crippen LogP contribution in [0.1, 0.15) is 25.7 Å². The molecule has 0 atom stereocenters. The minimum atomic E-state index is -0.432. The number of hydrogen-bond donors (Lipinski definition) is 1. The number of azide groups is 1. The number of unbranched alkanes of at least 4 members (excludes halogenated alkanes) is 3. The summed E-state index contributed by atoms with van der Waals surface area (Å²) in [7, 11) is 0. The van der Waals surface area contributed by atoms with Gasteiger partial charge in [0.05, 0.1) is 21.6 Å². The smallest absolute Gasteiger partial charge is 0.293 e. The molecule has 0 spiro atoms. The van der Waals surface area contributed by atoms with Crippen LogP contribution in [0.3, 0.4) is 0 Å². The molecule has 3 aromatic carbocycles. The lowest BCUT2D eigenvalue weighted by atomic mass is 10.0. The van der Waals surface area contributed by atoms with E-state index in [0.29, 0.717) is 18.8 Å². The van der Waals surface area contributed by atoms with Crippen LogP contribution >= 0.6 is 0 Å². The van der Waals surface area contributed by atoms with Crippen LogP contribution in [-0.4, -0.2) is 23.0 Å². The first-order valence-corrected chi connectivity index (χ1v) is 11.2. The van der Waals surface area contributed by atoms with Crippen molar-refractivity contribution in [3.8, 4) is 0 Å². The molecule has 0 aliphatic heterocycles. The van der Waals surface area contributed by atoms with E-state index >= 15 is 0 Å². The number of benzene rings is 3. The molecule has 4 aromatic rings. The SMILES string of the molecule is [N-]=[N+]=Nc1ccc(N(CCCCCCN)c2c3ccccc3nc3ccccc23)c([N+](=O)[O-])c1. The Labute approximate surface area is 196 Å². The summed E-state index contributed by atoms with van der Waals surface area (Å²) >= 11 is 0. The van der Waals surface area contributed by atoms with E-state index in [9.17, 15) is 10.1 Å². The van der Waals surface area contributed by atoms with Gasteiger partial charge in [-0.3, -0.25) is 10.1 Å². The molecule has 9 heteroatoms. The third-order valence-corrected chi connectivity index (χ3v) is 5.77. The van der Waals surface area contributed by atoms with E-state index in [1.54, 1.807) is 12.1 Å². The highest BCUT2D eigenvalue weighted by atomic mass is 16.6. The molecule has 0 amide bonds. The molecule has 4 rings (SSSR count). The molecule has 0 aliphatic carbocycles. The molecule has 0 fully saturated rings. The van der Waals surface area contributed by atoms with Gasteiger partial charge in [-0.15, -0.1) is 0 Å². The summed E-state index contributed by atoms with van der Waals surface area (Å²) in [5.74, 6) is 0. The summed E-state index contributed by atoms with van der Waals surface area (Å²) in [5, 5.41) is 17.5. The third kappa shape index (κ3) is 4.76. The number of rotatable bonds is 10. The minimum Gasteiger partial charge on any atom is -0.335 e. The molecule has 1 heterocycles. The molecule has 0 unspecified atom stereocenters. The number of anilines is 2. The molecule has 9 nitrogen and oxygen atoms in total. The van der Waals surface area contributed by atoms with Gasteiger partial charge in [-0.05, 0) is 43.1 Å². The number of fused-ring (bicyclic) bond motifs is 2. The molecule has 34 heavy (non-hydrogen) atoms. The highest BCUT2D eigenvalue weighted by Crippen LogP contribution is 2.42. The maximum Gasteiger partial charge on any atom is 0.293 e. The quantitative estimate of drug-likeness (QED) is 0.0528. The van der Waals surface area contributed by atoms with Crippen LogP contribution in [0.15, 0.2) is 71.8 Å². The molecular formula is C25H25N7O2. The van der Waals surface area contributed by atoms with Crippen LogP contribution in [0, 0.1) is 10.1 Å². The Hall–Kier alpha value is -4.20. The van der Waals surface area contributed by atoms with E-state index in [-0.39, 0.29) is 11.4 Å². The van der Waals surface area contributed by atoms with Crippen LogP contribution < -0.4 is 10.6 Å². The number of hydrogen-bond acceptors (Lipinski definition) is 6. The molecule has 2 N–H and O–H groups in total. The number of pyridine rings is 1. The van der Waals surface area contributed by atoms with Crippen molar-refractivity contribution in [2.45, 2.75) is 25.7 Å². The largest absolute Gasteiger partial charge is 0.335 e. The molecule has 0 aliphatic rings. The summed E-state index contributed by atoms with van der Waals surface area (Å²) in [6, 6.07) is 20.2. The summed E-state index contributed by atoms with van der Waals surface area (Å²) in [6.07, 6.45) is 3.74. The van der Waals surface area contributed by atoms with Gasteiger partial charge >= 0.3 is 0 Å². The van der Waals surface area contributed by atoms with Gasteiger partial charge in [0.15, 0.2) is 0 Å². The van der Waals surface area contributed by atoms with Gasteiger partial charge in [0.1, 0.15) is 5.69 Å². The maximum absolute atomic E-state index is 12.1. The van der Waals surface area contributed by atoms with Gasteiger partial charge < -0.3 is 10.6 Å². The van der Waals surface area contributed by atoms with E-state index in [2.05, 4.69) is 10.0 Å². The van der Waals surface area contributed by atoms with E-state index < -0.39 is 4.92 Å². The van der Waals surface area contributed by atoms with E-state index in [1.165, 1.54) is 6.07 Å². The fourth-order valence-corrected chi connectivity index (χ4v) is 4.23. The van der Waals surface area contributed by atoms with Gasteiger partial charge in [-0.25, -0.2) is 4.98 Å². The predicted molar refractivity (Wildman–Crippen MR) is 136 cm³/mol. The Kier molecular flexibility index (Phi) is 7.17. The van der Waals surface area contributed by atoms with E-state index in [1.807, 2.05) is 53.4 Å². The van der Waals surface area contributed by atoms with Crippen molar-refractivity contribution in [1.82, 2.24) is 4.98 Å². The minimum absolute atomic E-state index is 0.114. The number of para-hydroxylation sites is 2. The lowest BCUT2D eigenvalue weighted by molar-refractivity contribution is -0.384. The first-order chi connectivity index (χ1) is 16.6. The zero-order chi connectivity index (χ0) is 23.9. The van der Waals surface area contributed by atoms with Crippen molar-refractivity contribution in [2.24, 2.45) is 10.8 Å². The normalized spacial score (nSPS) is 10.9. The number of aromatic nitrogens is 1. The summed E-state index contributed by atoms with van der Waals surface area (Å²) in [4.78, 5) is 21.2. The molecule has 0 bridgehead atoms. The van der Waals surface area contributed by atoms with E-state index in [4.69, 9.17) is 16.2 Å². The molecule has 172 valence electrons. The second kappa shape index (κ2) is 10.6. The molecule has 0 saturated heterocycles. The first-order valence-electron chi connectivity index (χ1n) is 11.2. The Morgan fingerprint density at radius 2 is 1.62 bits per heavy atom. The van der Waals surface area contributed by atoms with Crippen molar-refractivity contribution >= 4 is 44.6 Å². The van der Waals surface area contributed by atoms with Crippen LogP contribution in [0.4, 0.5) is 22.7 Å². The number of nitrogens with two attached hydrogens (primary N) is 1. The van der Waals surface area contributed by atoms with Crippen LogP contribution in [0.25, 0.3) is 32.2 Å². The van der Waals surface area contributed by atoms with Crippen molar-refractivity contribution in [3.63, 3.8) is 0 Å². The molecular weight excluding hydrogens is 430 g/mol. The van der Waals surface area contributed by atoms with Gasteiger partial charge in [0, 0.05) is 34.0 Å². The average molecular weight is 456 g/mol. The lowest BCUT2D eigenvalue weighted by Gasteiger charge is -2.27. The van der Waals surface area contributed by atoms with Crippen molar-refractivity contribution in [3.05, 3.63) is 87.3 Å². The summed E-state index contributed by atoms with van der Waals surface area (Å²) < 4.78 is 0. The van der Waals surface area contributed by atoms with Gasteiger partial charge in [-0.2, -0.15) is 0 Å². The number of nitrogens with zero attached hydrogens (tertiary/aromatic N) is 6. The van der Waals surface area contributed by atoms with Crippen LogP contribution in [-0.2, 0) is 0 Å². The molecule has 0 radical (unpaired) electrons. The maximum atomic E-state index is 12.1. The summed E-state index contributed by atoms with van der Waals surface area (Å²) in [6.45, 7) is 1.22. The lowest BCUT2D eigenvalue weighted by Crippen LogP contribution is -2.20. The average Bonchev–Trinajstić information content (AvgIpc) is 2.85. The molecule has 1 aromatic heterocycles. The second-order valence-corrected chi connectivity index (χ2v) is 7.97. The van der Waals surface area contributed by atoms with Crippen molar-refractivity contribution in [2.75, 3.05) is 18.0 Å². The van der Waals surface area contributed by atoms with Gasteiger partial charge in [0.25, 0.3) is 5.69 Å². The van der Waals surface area contributed by atoms with E-state index in [0.717, 1.165) is 53.2 Å². The Morgan fingerprint density at radius 1 is 0.971 bits per heavy atom. The monoisotopic (exact) mass is 455 g/mol. The Balaban J connectivity index is 1.94. The highest BCUT2D eigenvalue weighted by Gasteiger charge is 2.24. The van der Waals surface area contributed by atoms with Gasteiger partial charge in [-0.1, -0.05) is 60.4 Å². The fraction of sp³-hybridized carbons (Fsp3) is 0.240. The Bertz CT molecular complexity index is 1330. The number of nitro benzene ring substituents is 1. The zero-order valence-corrected chi connectivity index (χ0v) is 18.7. The predicted octanol–water partition coefficient (Wildman–Crippen LogP) is 6.90.